The molecular weight excluding hydrogens is 246 g/mol. The molecule has 1 fully saturated rings. The number of amides is 1. The number of halogens is 1. The van der Waals surface area contributed by atoms with Gasteiger partial charge in [-0.1, -0.05) is 17.7 Å². The molecule has 0 aromatic heterocycles. The van der Waals surface area contributed by atoms with Gasteiger partial charge >= 0.3 is 12.1 Å². The number of rotatable bonds is 3. The zero-order valence-corrected chi connectivity index (χ0v) is 9.55. The maximum Gasteiger partial charge on any atom is 0.414 e. The number of carboxylic acids is 1. The Kier molecular flexibility index (Phi) is 3.19. The summed E-state index contributed by atoms with van der Waals surface area (Å²) in [5.41, 5.74) is 0.547. The van der Waals surface area contributed by atoms with E-state index in [-0.39, 0.29) is 13.0 Å². The van der Waals surface area contributed by atoms with Crippen LogP contribution in [0.5, 0.6) is 0 Å². The molecule has 1 aromatic rings. The Hall–Kier alpha value is -1.75. The molecule has 1 aromatic carbocycles. The third-order valence-corrected chi connectivity index (χ3v) is 2.69. The van der Waals surface area contributed by atoms with Gasteiger partial charge in [-0.25, -0.2) is 4.79 Å². The van der Waals surface area contributed by atoms with Crippen LogP contribution in [-0.2, 0) is 9.53 Å². The second-order valence-corrected chi connectivity index (χ2v) is 4.11. The molecular formula is C11H10ClNO4. The van der Waals surface area contributed by atoms with Gasteiger partial charge in [-0.05, 0) is 18.2 Å². The molecule has 1 N–H and O–H groups in total. The minimum atomic E-state index is -0.972. The van der Waals surface area contributed by atoms with Gasteiger partial charge in [0.2, 0.25) is 0 Å². The van der Waals surface area contributed by atoms with Crippen molar-refractivity contribution in [2.75, 3.05) is 11.5 Å². The minimum absolute atomic E-state index is 0.0810. The topological polar surface area (TPSA) is 66.8 Å². The Morgan fingerprint density at radius 3 is 3.00 bits per heavy atom. The van der Waals surface area contributed by atoms with Gasteiger partial charge in [-0.3, -0.25) is 9.69 Å². The quantitative estimate of drug-likeness (QED) is 0.899. The van der Waals surface area contributed by atoms with Crippen LogP contribution in [0.15, 0.2) is 24.3 Å². The van der Waals surface area contributed by atoms with Crippen molar-refractivity contribution in [1.82, 2.24) is 0 Å². The number of carbonyl (C=O) groups is 2. The molecule has 1 aliphatic heterocycles. The highest BCUT2D eigenvalue weighted by atomic mass is 35.5. The first kappa shape index (κ1) is 11.7. The lowest BCUT2D eigenvalue weighted by Crippen LogP contribution is -2.35. The van der Waals surface area contributed by atoms with E-state index in [4.69, 9.17) is 21.4 Å². The maximum atomic E-state index is 11.5. The Morgan fingerprint density at radius 1 is 1.59 bits per heavy atom. The third kappa shape index (κ3) is 2.50. The van der Waals surface area contributed by atoms with Crippen LogP contribution in [0.25, 0.3) is 0 Å². The number of carbonyl (C=O) groups excluding carboxylic acids is 1. The number of anilines is 1. The first-order valence-corrected chi connectivity index (χ1v) is 5.39. The fourth-order valence-electron chi connectivity index (χ4n) is 1.75. The molecule has 1 amide bonds. The summed E-state index contributed by atoms with van der Waals surface area (Å²) < 4.78 is 4.85. The van der Waals surface area contributed by atoms with Gasteiger partial charge in [0.25, 0.3) is 0 Å². The summed E-state index contributed by atoms with van der Waals surface area (Å²) in [7, 11) is 0. The SMILES string of the molecule is O=C(O)CC1COC(=O)N1c1cccc(Cl)c1. The predicted octanol–water partition coefficient (Wildman–Crippen LogP) is 2.14. The molecule has 1 unspecified atom stereocenters. The average Bonchev–Trinajstić information content (AvgIpc) is 2.59. The van der Waals surface area contributed by atoms with Gasteiger partial charge in [-0.15, -0.1) is 0 Å². The summed E-state index contributed by atoms with van der Waals surface area (Å²) in [4.78, 5) is 23.6. The Bertz CT molecular complexity index is 463. The van der Waals surface area contributed by atoms with Gasteiger partial charge in [0, 0.05) is 10.7 Å². The molecule has 2 rings (SSSR count). The third-order valence-electron chi connectivity index (χ3n) is 2.46. The number of benzene rings is 1. The zero-order chi connectivity index (χ0) is 12.4. The van der Waals surface area contributed by atoms with E-state index in [1.807, 2.05) is 0 Å². The van der Waals surface area contributed by atoms with Crippen molar-refractivity contribution in [3.8, 4) is 0 Å². The van der Waals surface area contributed by atoms with Gasteiger partial charge in [-0.2, -0.15) is 0 Å². The van der Waals surface area contributed by atoms with Gasteiger partial charge < -0.3 is 9.84 Å². The fourth-order valence-corrected chi connectivity index (χ4v) is 1.94. The van der Waals surface area contributed by atoms with Crippen molar-refractivity contribution in [2.24, 2.45) is 0 Å². The number of hydrogen-bond donors (Lipinski definition) is 1. The number of nitrogens with zero attached hydrogens (tertiary/aromatic N) is 1. The fraction of sp³-hybridized carbons (Fsp3) is 0.273. The normalized spacial score (nSPS) is 19.2. The van der Waals surface area contributed by atoms with E-state index >= 15 is 0 Å². The average molecular weight is 256 g/mol. The van der Waals surface area contributed by atoms with Crippen LogP contribution in [0.3, 0.4) is 0 Å². The summed E-state index contributed by atoms with van der Waals surface area (Å²) >= 11 is 5.83. The highest BCUT2D eigenvalue weighted by molar-refractivity contribution is 6.30. The van der Waals surface area contributed by atoms with E-state index in [9.17, 15) is 9.59 Å². The summed E-state index contributed by atoms with van der Waals surface area (Å²) in [5.74, 6) is -0.972. The van der Waals surface area contributed by atoms with Crippen molar-refractivity contribution >= 4 is 29.4 Å². The zero-order valence-electron chi connectivity index (χ0n) is 8.80. The molecule has 0 bridgehead atoms. The number of hydrogen-bond acceptors (Lipinski definition) is 3. The Labute approximate surface area is 103 Å². The summed E-state index contributed by atoms with van der Waals surface area (Å²) in [6.07, 6.45) is -0.698. The maximum absolute atomic E-state index is 11.5. The van der Waals surface area contributed by atoms with Gasteiger partial charge in [0.05, 0.1) is 12.5 Å². The lowest BCUT2D eigenvalue weighted by molar-refractivity contribution is -0.137. The van der Waals surface area contributed by atoms with Crippen molar-refractivity contribution in [3.05, 3.63) is 29.3 Å². The van der Waals surface area contributed by atoms with Crippen LogP contribution < -0.4 is 4.90 Å². The number of cyclic esters (lactones) is 1. The van der Waals surface area contributed by atoms with Crippen molar-refractivity contribution in [1.29, 1.82) is 0 Å². The molecule has 0 spiro atoms. The van der Waals surface area contributed by atoms with Crippen LogP contribution >= 0.6 is 11.6 Å². The van der Waals surface area contributed by atoms with Crippen LogP contribution in [0, 0.1) is 0 Å². The minimum Gasteiger partial charge on any atom is -0.481 e. The largest absolute Gasteiger partial charge is 0.481 e. The first-order chi connectivity index (χ1) is 8.08. The monoisotopic (exact) mass is 255 g/mol. The second-order valence-electron chi connectivity index (χ2n) is 3.68. The van der Waals surface area contributed by atoms with E-state index in [1.165, 1.54) is 4.90 Å². The summed E-state index contributed by atoms with van der Waals surface area (Å²) in [5, 5.41) is 9.24. The van der Waals surface area contributed by atoms with Crippen molar-refractivity contribution in [2.45, 2.75) is 12.5 Å². The van der Waals surface area contributed by atoms with Crippen LogP contribution in [0.1, 0.15) is 6.42 Å². The molecule has 5 nitrogen and oxygen atoms in total. The predicted molar refractivity (Wildman–Crippen MR) is 61.3 cm³/mol. The van der Waals surface area contributed by atoms with Gasteiger partial charge in [0.15, 0.2) is 0 Å². The lowest BCUT2D eigenvalue weighted by Gasteiger charge is -2.20. The Balaban J connectivity index is 2.27. The van der Waals surface area contributed by atoms with E-state index in [1.54, 1.807) is 24.3 Å². The first-order valence-electron chi connectivity index (χ1n) is 5.01. The molecule has 6 heteroatoms. The summed E-state index contributed by atoms with van der Waals surface area (Å²) in [6.45, 7) is 0.0810. The molecule has 1 saturated heterocycles. The standard InChI is InChI=1S/C11H10ClNO4/c12-7-2-1-3-8(4-7)13-9(5-10(14)15)6-17-11(13)16/h1-4,9H,5-6H2,(H,14,15). The van der Waals surface area contributed by atoms with E-state index in [0.29, 0.717) is 10.7 Å². The number of ether oxygens (including phenoxy) is 1. The molecule has 0 saturated carbocycles. The second kappa shape index (κ2) is 4.63. The van der Waals surface area contributed by atoms with Gasteiger partial charge in [0.1, 0.15) is 6.61 Å². The van der Waals surface area contributed by atoms with Crippen molar-refractivity contribution < 1.29 is 19.4 Å². The van der Waals surface area contributed by atoms with E-state index in [0.717, 1.165) is 0 Å². The number of aliphatic carboxylic acids is 1. The molecule has 90 valence electrons. The molecule has 1 atom stereocenters. The van der Waals surface area contributed by atoms with Crippen LogP contribution in [-0.4, -0.2) is 29.8 Å². The van der Waals surface area contributed by atoms with Crippen molar-refractivity contribution in [3.63, 3.8) is 0 Å². The lowest BCUT2D eigenvalue weighted by atomic mass is 10.2. The smallest absolute Gasteiger partial charge is 0.414 e. The molecule has 1 heterocycles. The van der Waals surface area contributed by atoms with Crippen LogP contribution in [0.2, 0.25) is 5.02 Å². The Morgan fingerprint density at radius 2 is 2.35 bits per heavy atom. The van der Waals surface area contributed by atoms with Crippen LogP contribution in [0.4, 0.5) is 10.5 Å². The van der Waals surface area contributed by atoms with E-state index < -0.39 is 18.1 Å². The van der Waals surface area contributed by atoms with E-state index in [2.05, 4.69) is 0 Å². The molecule has 0 radical (unpaired) electrons. The molecule has 17 heavy (non-hydrogen) atoms. The summed E-state index contributed by atoms with van der Waals surface area (Å²) in [6, 6.07) is 6.18. The molecule has 0 aliphatic carbocycles. The highest BCUT2D eigenvalue weighted by Crippen LogP contribution is 2.26. The molecule has 1 aliphatic rings. The number of carboxylic acid groups (broad SMARTS) is 1. The highest BCUT2D eigenvalue weighted by Gasteiger charge is 2.35.